The molecule has 1 rings (SSSR count). The molecule has 0 fully saturated rings. The number of ether oxygens (including phenoxy) is 2. The first-order chi connectivity index (χ1) is 11.0. The van der Waals surface area contributed by atoms with E-state index in [1.165, 1.54) is 19.1 Å². The van der Waals surface area contributed by atoms with Gasteiger partial charge in [0, 0.05) is 13.1 Å². The van der Waals surface area contributed by atoms with Crippen molar-refractivity contribution in [2.24, 2.45) is 5.92 Å². The van der Waals surface area contributed by atoms with Crippen LogP contribution < -0.4 is 0 Å². The Morgan fingerprint density at radius 2 is 1.74 bits per heavy atom. The van der Waals surface area contributed by atoms with E-state index in [0.717, 1.165) is 5.56 Å². The van der Waals surface area contributed by atoms with Crippen LogP contribution in [0.5, 0.6) is 0 Å². The Kier molecular flexibility index (Phi) is 7.80. The van der Waals surface area contributed by atoms with Gasteiger partial charge in [-0.1, -0.05) is 37.3 Å². The van der Waals surface area contributed by atoms with Gasteiger partial charge in [-0.05, 0) is 12.0 Å². The highest BCUT2D eigenvalue weighted by molar-refractivity contribution is 5.94. The maximum Gasteiger partial charge on any atom is 0.315 e. The van der Waals surface area contributed by atoms with E-state index in [0.29, 0.717) is 13.0 Å². The number of carbonyl (C=O) groups is 3. The third-order valence-electron chi connectivity index (χ3n) is 3.49. The van der Waals surface area contributed by atoms with Gasteiger partial charge >= 0.3 is 11.9 Å². The minimum absolute atomic E-state index is 0.204. The SMILES string of the molecule is COC(=O)CC(=O)N(CCc1ccccc1)CC(C)C(=O)OC. The minimum atomic E-state index is -0.592. The first-order valence-corrected chi connectivity index (χ1v) is 7.44. The summed E-state index contributed by atoms with van der Waals surface area (Å²) in [6.45, 7) is 2.31. The molecule has 0 aliphatic heterocycles. The Morgan fingerprint density at radius 1 is 1.09 bits per heavy atom. The van der Waals surface area contributed by atoms with Crippen LogP contribution in [0.4, 0.5) is 0 Å². The van der Waals surface area contributed by atoms with Gasteiger partial charge in [-0.15, -0.1) is 0 Å². The molecule has 6 nitrogen and oxygen atoms in total. The van der Waals surface area contributed by atoms with Crippen LogP contribution in [0.25, 0.3) is 0 Å². The summed E-state index contributed by atoms with van der Waals surface area (Å²) in [4.78, 5) is 36.6. The third kappa shape index (κ3) is 6.50. The van der Waals surface area contributed by atoms with Crippen LogP contribution in [0.3, 0.4) is 0 Å². The van der Waals surface area contributed by atoms with Crippen molar-refractivity contribution in [1.29, 1.82) is 0 Å². The van der Waals surface area contributed by atoms with Crippen LogP contribution in [-0.2, 0) is 30.3 Å². The Balaban J connectivity index is 2.72. The molecule has 126 valence electrons. The molecule has 1 aromatic rings. The smallest absolute Gasteiger partial charge is 0.315 e. The van der Waals surface area contributed by atoms with Gasteiger partial charge in [-0.25, -0.2) is 0 Å². The van der Waals surface area contributed by atoms with E-state index >= 15 is 0 Å². The molecule has 1 atom stereocenters. The predicted molar refractivity (Wildman–Crippen MR) is 84.5 cm³/mol. The topological polar surface area (TPSA) is 72.9 Å². The number of hydrogen-bond donors (Lipinski definition) is 0. The Hall–Kier alpha value is -2.37. The summed E-state index contributed by atoms with van der Waals surface area (Å²) in [6.07, 6.45) is 0.306. The highest BCUT2D eigenvalue weighted by atomic mass is 16.5. The van der Waals surface area contributed by atoms with E-state index in [1.807, 2.05) is 30.3 Å². The van der Waals surface area contributed by atoms with Crippen molar-refractivity contribution in [2.45, 2.75) is 19.8 Å². The molecule has 0 heterocycles. The second-order valence-corrected chi connectivity index (χ2v) is 5.25. The molecule has 0 aliphatic rings. The van der Waals surface area contributed by atoms with Crippen LogP contribution >= 0.6 is 0 Å². The fraction of sp³-hybridized carbons (Fsp3) is 0.471. The van der Waals surface area contributed by atoms with Crippen LogP contribution in [0.15, 0.2) is 30.3 Å². The molecule has 0 saturated heterocycles. The average Bonchev–Trinajstić information content (AvgIpc) is 2.58. The molecule has 1 amide bonds. The van der Waals surface area contributed by atoms with Crippen molar-refractivity contribution >= 4 is 17.8 Å². The Bertz CT molecular complexity index is 529. The fourth-order valence-corrected chi connectivity index (χ4v) is 2.14. The lowest BCUT2D eigenvalue weighted by molar-refractivity contribution is -0.148. The van der Waals surface area contributed by atoms with Gasteiger partial charge in [0.05, 0.1) is 20.1 Å². The number of rotatable bonds is 8. The van der Waals surface area contributed by atoms with Gasteiger partial charge in [0.1, 0.15) is 6.42 Å². The molecule has 0 N–H and O–H groups in total. The first kappa shape index (κ1) is 18.7. The zero-order chi connectivity index (χ0) is 17.2. The van der Waals surface area contributed by atoms with E-state index in [2.05, 4.69) is 9.47 Å². The summed E-state index contributed by atoms with van der Waals surface area (Å²) in [5.74, 6) is -1.80. The van der Waals surface area contributed by atoms with Crippen LogP contribution in [0.1, 0.15) is 18.9 Å². The van der Waals surface area contributed by atoms with E-state index in [4.69, 9.17) is 0 Å². The van der Waals surface area contributed by atoms with Crippen molar-refractivity contribution in [1.82, 2.24) is 4.90 Å². The van der Waals surface area contributed by atoms with Gasteiger partial charge in [-0.3, -0.25) is 14.4 Å². The molecule has 1 aromatic carbocycles. The van der Waals surface area contributed by atoms with Crippen molar-refractivity contribution in [3.63, 3.8) is 0 Å². The molecule has 0 radical (unpaired) electrons. The summed E-state index contributed by atoms with van der Waals surface area (Å²) in [6, 6.07) is 9.70. The average molecular weight is 321 g/mol. The van der Waals surface area contributed by atoms with Gasteiger partial charge in [0.15, 0.2) is 0 Å². The number of esters is 2. The van der Waals surface area contributed by atoms with Crippen LogP contribution in [0, 0.1) is 5.92 Å². The summed E-state index contributed by atoms with van der Waals surface area (Å²) in [5.41, 5.74) is 1.08. The quantitative estimate of drug-likeness (QED) is 0.535. The van der Waals surface area contributed by atoms with Crippen molar-refractivity contribution in [3.8, 4) is 0 Å². The Labute approximate surface area is 136 Å². The molecule has 0 aliphatic carbocycles. The molecular weight excluding hydrogens is 298 g/mol. The summed E-state index contributed by atoms with van der Waals surface area (Å²) in [7, 11) is 2.55. The van der Waals surface area contributed by atoms with Gasteiger partial charge in [-0.2, -0.15) is 0 Å². The summed E-state index contributed by atoms with van der Waals surface area (Å²) in [5, 5.41) is 0. The normalized spacial score (nSPS) is 11.4. The number of benzene rings is 1. The van der Waals surface area contributed by atoms with Crippen molar-refractivity contribution in [2.75, 3.05) is 27.3 Å². The van der Waals surface area contributed by atoms with Crippen LogP contribution in [0.2, 0.25) is 0 Å². The fourth-order valence-electron chi connectivity index (χ4n) is 2.14. The molecule has 6 heteroatoms. The van der Waals surface area contributed by atoms with Gasteiger partial charge in [0.2, 0.25) is 5.91 Å². The number of nitrogens with zero attached hydrogens (tertiary/aromatic N) is 1. The number of hydrogen-bond acceptors (Lipinski definition) is 5. The zero-order valence-corrected chi connectivity index (χ0v) is 13.8. The predicted octanol–water partition coefficient (Wildman–Crippen LogP) is 1.43. The molecule has 23 heavy (non-hydrogen) atoms. The molecular formula is C17H23NO5. The van der Waals surface area contributed by atoms with Crippen LogP contribution in [-0.4, -0.2) is 50.1 Å². The zero-order valence-electron chi connectivity index (χ0n) is 13.8. The van der Waals surface area contributed by atoms with Crippen molar-refractivity contribution < 1.29 is 23.9 Å². The number of carbonyl (C=O) groups excluding carboxylic acids is 3. The highest BCUT2D eigenvalue weighted by Gasteiger charge is 2.23. The molecule has 0 bridgehead atoms. The lowest BCUT2D eigenvalue weighted by atomic mass is 10.1. The van der Waals surface area contributed by atoms with E-state index in [-0.39, 0.29) is 24.8 Å². The highest BCUT2D eigenvalue weighted by Crippen LogP contribution is 2.08. The second kappa shape index (κ2) is 9.61. The third-order valence-corrected chi connectivity index (χ3v) is 3.49. The first-order valence-electron chi connectivity index (χ1n) is 7.44. The van der Waals surface area contributed by atoms with Gasteiger partial charge < -0.3 is 14.4 Å². The van der Waals surface area contributed by atoms with E-state index in [9.17, 15) is 14.4 Å². The lowest BCUT2D eigenvalue weighted by Crippen LogP contribution is -2.39. The number of amides is 1. The molecule has 0 spiro atoms. The van der Waals surface area contributed by atoms with E-state index < -0.39 is 11.9 Å². The maximum atomic E-state index is 12.3. The van der Waals surface area contributed by atoms with Crippen molar-refractivity contribution in [3.05, 3.63) is 35.9 Å². The second-order valence-electron chi connectivity index (χ2n) is 5.25. The number of methoxy groups -OCH3 is 2. The summed E-state index contributed by atoms with van der Waals surface area (Å²) < 4.78 is 9.22. The maximum absolute atomic E-state index is 12.3. The lowest BCUT2D eigenvalue weighted by Gasteiger charge is -2.25. The Morgan fingerprint density at radius 3 is 2.30 bits per heavy atom. The monoisotopic (exact) mass is 321 g/mol. The standard InChI is InChI=1S/C17H23NO5/c1-13(17(21)23-3)12-18(15(19)11-16(20)22-2)10-9-14-7-5-4-6-8-14/h4-8,13H,9-12H2,1-3H3. The molecule has 1 unspecified atom stereocenters. The van der Waals surface area contributed by atoms with Gasteiger partial charge in [0.25, 0.3) is 0 Å². The van der Waals surface area contributed by atoms with E-state index in [1.54, 1.807) is 6.92 Å². The largest absolute Gasteiger partial charge is 0.469 e. The minimum Gasteiger partial charge on any atom is -0.469 e. The molecule has 0 saturated carbocycles. The summed E-state index contributed by atoms with van der Waals surface area (Å²) >= 11 is 0. The molecule has 0 aromatic heterocycles.